The third-order valence-corrected chi connectivity index (χ3v) is 3.01. The summed E-state index contributed by atoms with van der Waals surface area (Å²) >= 11 is 0. The molecule has 1 aromatic rings. The minimum Gasteiger partial charge on any atom is -0.386 e. The second-order valence-electron chi connectivity index (χ2n) is 4.23. The maximum absolute atomic E-state index is 12.3. The van der Waals surface area contributed by atoms with Crippen molar-refractivity contribution in [3.63, 3.8) is 0 Å². The molecule has 4 nitrogen and oxygen atoms in total. The van der Waals surface area contributed by atoms with Gasteiger partial charge in [-0.1, -0.05) is 13.3 Å². The molecule has 0 bridgehead atoms. The SMILES string of the molecule is CCCC(C)N(C)C(=O)c1ccncc1NC. The molecule has 1 rings (SSSR count). The molecule has 1 aromatic heterocycles. The van der Waals surface area contributed by atoms with Gasteiger partial charge in [0, 0.05) is 26.3 Å². The van der Waals surface area contributed by atoms with Crippen LogP contribution in [0.5, 0.6) is 0 Å². The van der Waals surface area contributed by atoms with Gasteiger partial charge in [-0.25, -0.2) is 0 Å². The van der Waals surface area contributed by atoms with Gasteiger partial charge in [0.2, 0.25) is 0 Å². The fourth-order valence-corrected chi connectivity index (χ4v) is 1.78. The summed E-state index contributed by atoms with van der Waals surface area (Å²) in [6.45, 7) is 4.20. The molecule has 0 aliphatic heterocycles. The van der Waals surface area contributed by atoms with Gasteiger partial charge in [-0.3, -0.25) is 9.78 Å². The molecule has 1 unspecified atom stereocenters. The van der Waals surface area contributed by atoms with Crippen molar-refractivity contribution < 1.29 is 4.79 Å². The molecule has 0 saturated carbocycles. The predicted octanol–water partition coefficient (Wildman–Crippen LogP) is 2.38. The van der Waals surface area contributed by atoms with Gasteiger partial charge in [-0.15, -0.1) is 0 Å². The van der Waals surface area contributed by atoms with Crippen LogP contribution in [0.4, 0.5) is 5.69 Å². The molecule has 0 fully saturated rings. The highest BCUT2D eigenvalue weighted by atomic mass is 16.2. The topological polar surface area (TPSA) is 45.2 Å². The van der Waals surface area contributed by atoms with Gasteiger partial charge < -0.3 is 10.2 Å². The predicted molar refractivity (Wildman–Crippen MR) is 70.2 cm³/mol. The molecule has 17 heavy (non-hydrogen) atoms. The number of carbonyl (C=O) groups is 1. The van der Waals surface area contributed by atoms with E-state index < -0.39 is 0 Å². The zero-order chi connectivity index (χ0) is 12.8. The van der Waals surface area contributed by atoms with Gasteiger partial charge >= 0.3 is 0 Å². The first-order valence-corrected chi connectivity index (χ1v) is 6.00. The van der Waals surface area contributed by atoms with Crippen molar-refractivity contribution in [3.05, 3.63) is 24.0 Å². The Morgan fingerprint density at radius 3 is 2.88 bits per heavy atom. The summed E-state index contributed by atoms with van der Waals surface area (Å²) in [6, 6.07) is 2.01. The van der Waals surface area contributed by atoms with E-state index in [-0.39, 0.29) is 11.9 Å². The second-order valence-corrected chi connectivity index (χ2v) is 4.23. The number of aromatic nitrogens is 1. The van der Waals surface area contributed by atoms with Gasteiger partial charge in [0.05, 0.1) is 17.4 Å². The van der Waals surface area contributed by atoms with E-state index in [4.69, 9.17) is 0 Å². The average molecular weight is 235 g/mol. The highest BCUT2D eigenvalue weighted by molar-refractivity contribution is 5.99. The smallest absolute Gasteiger partial charge is 0.256 e. The van der Waals surface area contributed by atoms with Crippen LogP contribution in [0.15, 0.2) is 18.5 Å². The first-order chi connectivity index (χ1) is 8.11. The molecular formula is C13H21N3O. The fraction of sp³-hybridized carbons (Fsp3) is 0.538. The summed E-state index contributed by atoms with van der Waals surface area (Å²) in [7, 11) is 3.64. The number of rotatable bonds is 5. The van der Waals surface area contributed by atoms with Crippen LogP contribution in [-0.4, -0.2) is 35.9 Å². The molecule has 1 atom stereocenters. The van der Waals surface area contributed by atoms with Crippen LogP contribution in [0.2, 0.25) is 0 Å². The average Bonchev–Trinajstić information content (AvgIpc) is 2.37. The molecule has 0 aromatic carbocycles. The maximum Gasteiger partial charge on any atom is 0.256 e. The van der Waals surface area contributed by atoms with E-state index in [1.165, 1.54) is 0 Å². The van der Waals surface area contributed by atoms with Crippen LogP contribution in [0.25, 0.3) is 0 Å². The third-order valence-electron chi connectivity index (χ3n) is 3.01. The summed E-state index contributed by atoms with van der Waals surface area (Å²) in [5.41, 5.74) is 1.45. The monoisotopic (exact) mass is 235 g/mol. The molecular weight excluding hydrogens is 214 g/mol. The van der Waals surface area contributed by atoms with E-state index in [0.717, 1.165) is 18.5 Å². The summed E-state index contributed by atoms with van der Waals surface area (Å²) in [4.78, 5) is 18.1. The van der Waals surface area contributed by atoms with E-state index in [1.807, 2.05) is 7.05 Å². The standard InChI is InChI=1S/C13H21N3O/c1-5-6-10(2)16(4)13(17)11-7-8-15-9-12(11)14-3/h7-10,14H,5-6H2,1-4H3. The van der Waals surface area contributed by atoms with Crippen LogP contribution < -0.4 is 5.32 Å². The Morgan fingerprint density at radius 1 is 1.59 bits per heavy atom. The first kappa shape index (κ1) is 13.5. The van der Waals surface area contributed by atoms with Crippen molar-refractivity contribution >= 4 is 11.6 Å². The van der Waals surface area contributed by atoms with Crippen molar-refractivity contribution in [1.29, 1.82) is 0 Å². The lowest BCUT2D eigenvalue weighted by molar-refractivity contribution is 0.0737. The number of amides is 1. The number of anilines is 1. The van der Waals surface area contributed by atoms with Gasteiger partial charge in [-0.05, 0) is 19.4 Å². The van der Waals surface area contributed by atoms with E-state index in [1.54, 1.807) is 30.4 Å². The summed E-state index contributed by atoms with van der Waals surface area (Å²) < 4.78 is 0. The van der Waals surface area contributed by atoms with Crippen molar-refractivity contribution in [2.45, 2.75) is 32.7 Å². The minimum atomic E-state index is 0.0395. The Hall–Kier alpha value is -1.58. The molecule has 0 aliphatic carbocycles. The highest BCUT2D eigenvalue weighted by Crippen LogP contribution is 2.16. The number of carbonyl (C=O) groups excluding carboxylic acids is 1. The number of nitrogens with zero attached hydrogens (tertiary/aromatic N) is 2. The largest absolute Gasteiger partial charge is 0.386 e. The molecule has 1 amide bonds. The lowest BCUT2D eigenvalue weighted by Crippen LogP contribution is -2.35. The fourth-order valence-electron chi connectivity index (χ4n) is 1.78. The lowest BCUT2D eigenvalue weighted by Gasteiger charge is -2.25. The lowest BCUT2D eigenvalue weighted by atomic mass is 10.1. The normalized spacial score (nSPS) is 12.0. The Labute approximate surface area is 103 Å². The van der Waals surface area contributed by atoms with Crippen LogP contribution >= 0.6 is 0 Å². The highest BCUT2D eigenvalue weighted by Gasteiger charge is 2.19. The molecule has 0 spiro atoms. The van der Waals surface area contributed by atoms with Crippen molar-refractivity contribution in [2.24, 2.45) is 0 Å². The number of hydrogen-bond acceptors (Lipinski definition) is 3. The number of nitrogens with one attached hydrogen (secondary N) is 1. The Bertz CT molecular complexity index is 379. The second kappa shape index (κ2) is 6.23. The van der Waals surface area contributed by atoms with Gasteiger partial charge in [0.25, 0.3) is 5.91 Å². The van der Waals surface area contributed by atoms with E-state index in [2.05, 4.69) is 24.1 Å². The molecule has 0 aliphatic rings. The Kier molecular flexibility index (Phi) is 4.94. The quantitative estimate of drug-likeness (QED) is 0.852. The van der Waals surface area contributed by atoms with E-state index >= 15 is 0 Å². The van der Waals surface area contributed by atoms with Crippen molar-refractivity contribution in [1.82, 2.24) is 9.88 Å². The Morgan fingerprint density at radius 2 is 2.29 bits per heavy atom. The first-order valence-electron chi connectivity index (χ1n) is 6.00. The molecule has 4 heteroatoms. The van der Waals surface area contributed by atoms with Crippen molar-refractivity contribution in [3.8, 4) is 0 Å². The van der Waals surface area contributed by atoms with Gasteiger partial charge in [-0.2, -0.15) is 0 Å². The summed E-state index contributed by atoms with van der Waals surface area (Å²) in [5, 5.41) is 2.99. The minimum absolute atomic E-state index is 0.0395. The maximum atomic E-state index is 12.3. The van der Waals surface area contributed by atoms with Gasteiger partial charge in [0.15, 0.2) is 0 Å². The van der Waals surface area contributed by atoms with Crippen LogP contribution in [-0.2, 0) is 0 Å². The van der Waals surface area contributed by atoms with Gasteiger partial charge in [0.1, 0.15) is 0 Å². The molecule has 1 N–H and O–H groups in total. The van der Waals surface area contributed by atoms with Crippen LogP contribution in [0.1, 0.15) is 37.0 Å². The number of hydrogen-bond donors (Lipinski definition) is 1. The zero-order valence-electron chi connectivity index (χ0n) is 11.0. The van der Waals surface area contributed by atoms with E-state index in [9.17, 15) is 4.79 Å². The summed E-state index contributed by atoms with van der Waals surface area (Å²) in [6.07, 6.45) is 5.41. The van der Waals surface area contributed by atoms with Crippen LogP contribution in [0.3, 0.4) is 0 Å². The molecule has 0 radical (unpaired) electrons. The molecule has 0 saturated heterocycles. The van der Waals surface area contributed by atoms with Crippen molar-refractivity contribution in [2.75, 3.05) is 19.4 Å². The third kappa shape index (κ3) is 3.19. The van der Waals surface area contributed by atoms with Crippen LogP contribution in [0, 0.1) is 0 Å². The molecule has 1 heterocycles. The Balaban J connectivity index is 2.88. The number of pyridine rings is 1. The van der Waals surface area contributed by atoms with E-state index in [0.29, 0.717) is 5.56 Å². The summed E-state index contributed by atoms with van der Waals surface area (Å²) in [5.74, 6) is 0.0395. The zero-order valence-corrected chi connectivity index (χ0v) is 11.0. The molecule has 94 valence electrons.